The molecule has 3 aromatic rings. The summed E-state index contributed by atoms with van der Waals surface area (Å²) < 4.78 is 1.95. The fourth-order valence-corrected chi connectivity index (χ4v) is 3.63. The van der Waals surface area contributed by atoms with E-state index in [9.17, 15) is 10.1 Å². The molecule has 21 heavy (non-hydrogen) atoms. The number of nitrogens with zero attached hydrogens (tertiary/aromatic N) is 3. The molecule has 102 valence electrons. The second-order valence-electron chi connectivity index (χ2n) is 4.85. The Labute approximate surface area is 124 Å². The molecule has 0 spiro atoms. The van der Waals surface area contributed by atoms with Crippen LogP contribution in [0.15, 0.2) is 41.8 Å². The van der Waals surface area contributed by atoms with Crippen LogP contribution in [0, 0.1) is 17.2 Å². The van der Waals surface area contributed by atoms with Crippen molar-refractivity contribution >= 4 is 34.2 Å². The summed E-state index contributed by atoms with van der Waals surface area (Å²) in [6.45, 7) is 0. The number of hydrogen-bond donors (Lipinski definition) is 1. The summed E-state index contributed by atoms with van der Waals surface area (Å²) in [4.78, 5) is 17.6. The quantitative estimate of drug-likeness (QED) is 0.750. The van der Waals surface area contributed by atoms with E-state index in [0.29, 0.717) is 5.95 Å². The van der Waals surface area contributed by atoms with Crippen LogP contribution in [-0.4, -0.2) is 15.5 Å². The highest BCUT2D eigenvalue weighted by Crippen LogP contribution is 2.39. The van der Waals surface area contributed by atoms with E-state index in [4.69, 9.17) is 0 Å². The lowest BCUT2D eigenvalue weighted by Gasteiger charge is -2.28. The zero-order valence-corrected chi connectivity index (χ0v) is 11.7. The molecule has 2 atom stereocenters. The number of thiophene rings is 1. The number of amides is 1. The zero-order chi connectivity index (χ0) is 14.4. The van der Waals surface area contributed by atoms with Crippen LogP contribution < -0.4 is 5.32 Å². The number of nitriles is 1. The van der Waals surface area contributed by atoms with Crippen LogP contribution in [-0.2, 0) is 4.79 Å². The molecule has 0 saturated carbocycles. The topological polar surface area (TPSA) is 70.7 Å². The summed E-state index contributed by atoms with van der Waals surface area (Å²) in [7, 11) is 0. The first-order valence-corrected chi connectivity index (χ1v) is 7.38. The van der Waals surface area contributed by atoms with Gasteiger partial charge in [0.25, 0.3) is 0 Å². The standard InChI is InChI=1S/C15H10N4OS/c16-8-9-13(12-6-3-7-21-12)19-11-5-2-1-4-10(11)17-15(19)18-14(9)20/h1-7,9,13H,(H,17,18,20)/t9-,13+/m1/s1. The van der Waals surface area contributed by atoms with Gasteiger partial charge >= 0.3 is 0 Å². The van der Waals surface area contributed by atoms with Crippen molar-refractivity contribution in [2.24, 2.45) is 5.92 Å². The van der Waals surface area contributed by atoms with Crippen molar-refractivity contribution in [3.63, 3.8) is 0 Å². The third-order valence-corrected chi connectivity index (χ3v) is 4.62. The van der Waals surface area contributed by atoms with Crippen LogP contribution in [0.25, 0.3) is 11.0 Å². The number of anilines is 1. The third-order valence-electron chi connectivity index (χ3n) is 3.68. The Bertz CT molecular complexity index is 875. The first kappa shape index (κ1) is 12.1. The molecule has 6 heteroatoms. The van der Waals surface area contributed by atoms with Gasteiger partial charge in [0.15, 0.2) is 5.92 Å². The van der Waals surface area contributed by atoms with E-state index in [-0.39, 0.29) is 11.9 Å². The molecule has 5 nitrogen and oxygen atoms in total. The molecule has 0 unspecified atom stereocenters. The number of hydrogen-bond acceptors (Lipinski definition) is 4. The van der Waals surface area contributed by atoms with Gasteiger partial charge in [-0.1, -0.05) is 18.2 Å². The van der Waals surface area contributed by atoms with E-state index in [2.05, 4.69) is 16.4 Å². The molecule has 4 rings (SSSR count). The number of imidazole rings is 1. The molecular formula is C15H10N4OS. The monoisotopic (exact) mass is 294 g/mol. The smallest absolute Gasteiger partial charge is 0.246 e. The van der Waals surface area contributed by atoms with Gasteiger partial charge in [0, 0.05) is 4.88 Å². The van der Waals surface area contributed by atoms with Gasteiger partial charge in [-0.25, -0.2) is 4.98 Å². The number of benzene rings is 1. The third kappa shape index (κ3) is 1.68. The Kier molecular flexibility index (Phi) is 2.56. The fraction of sp³-hybridized carbons (Fsp3) is 0.133. The molecule has 2 aromatic heterocycles. The molecule has 1 amide bonds. The zero-order valence-electron chi connectivity index (χ0n) is 10.9. The van der Waals surface area contributed by atoms with Crippen molar-refractivity contribution in [1.29, 1.82) is 5.26 Å². The van der Waals surface area contributed by atoms with Crippen molar-refractivity contribution in [1.82, 2.24) is 9.55 Å². The highest BCUT2D eigenvalue weighted by molar-refractivity contribution is 7.10. The first-order chi connectivity index (χ1) is 10.3. The Hall–Kier alpha value is -2.65. The van der Waals surface area contributed by atoms with Crippen LogP contribution in [0.4, 0.5) is 5.95 Å². The number of para-hydroxylation sites is 2. The van der Waals surface area contributed by atoms with Crippen LogP contribution in [0.2, 0.25) is 0 Å². The summed E-state index contributed by atoms with van der Waals surface area (Å²) in [5.41, 5.74) is 1.74. The number of aromatic nitrogens is 2. The second-order valence-corrected chi connectivity index (χ2v) is 5.83. The minimum Gasteiger partial charge on any atom is -0.300 e. The lowest BCUT2D eigenvalue weighted by Crippen LogP contribution is -2.36. The SMILES string of the molecule is N#C[C@H]1C(=O)Nc2nc3ccccc3n2[C@@H]1c1cccs1. The number of rotatable bonds is 1. The van der Waals surface area contributed by atoms with Gasteiger partial charge in [0.2, 0.25) is 11.9 Å². The summed E-state index contributed by atoms with van der Waals surface area (Å²) in [5, 5.41) is 14.1. The van der Waals surface area contributed by atoms with E-state index in [0.717, 1.165) is 15.9 Å². The molecule has 0 bridgehead atoms. The van der Waals surface area contributed by atoms with Crippen molar-refractivity contribution < 1.29 is 4.79 Å². The van der Waals surface area contributed by atoms with Crippen LogP contribution >= 0.6 is 11.3 Å². The minimum atomic E-state index is -0.756. The van der Waals surface area contributed by atoms with Crippen molar-refractivity contribution in [3.05, 3.63) is 46.7 Å². The van der Waals surface area contributed by atoms with Gasteiger partial charge in [0.05, 0.1) is 23.1 Å². The fourth-order valence-electron chi connectivity index (χ4n) is 2.77. The van der Waals surface area contributed by atoms with E-state index >= 15 is 0 Å². The van der Waals surface area contributed by atoms with E-state index in [1.165, 1.54) is 0 Å². The molecule has 0 saturated heterocycles. The summed E-state index contributed by atoms with van der Waals surface area (Å²) >= 11 is 1.55. The molecule has 0 radical (unpaired) electrons. The molecule has 1 N–H and O–H groups in total. The molecular weight excluding hydrogens is 284 g/mol. The average Bonchev–Trinajstić information content (AvgIpc) is 3.13. The number of nitrogens with one attached hydrogen (secondary N) is 1. The maximum atomic E-state index is 12.2. The maximum Gasteiger partial charge on any atom is 0.246 e. The van der Waals surface area contributed by atoms with Crippen LogP contribution in [0.5, 0.6) is 0 Å². The van der Waals surface area contributed by atoms with Gasteiger partial charge < -0.3 is 0 Å². The maximum absolute atomic E-state index is 12.2. The highest BCUT2D eigenvalue weighted by atomic mass is 32.1. The summed E-state index contributed by atoms with van der Waals surface area (Å²) in [6, 6.07) is 13.4. The van der Waals surface area contributed by atoms with Gasteiger partial charge in [-0.3, -0.25) is 14.7 Å². The molecule has 0 aliphatic carbocycles. The van der Waals surface area contributed by atoms with Crippen molar-refractivity contribution in [2.75, 3.05) is 5.32 Å². The molecule has 3 heterocycles. The van der Waals surface area contributed by atoms with Crippen molar-refractivity contribution in [3.8, 4) is 6.07 Å². The lowest BCUT2D eigenvalue weighted by atomic mass is 9.96. The Morgan fingerprint density at radius 1 is 1.29 bits per heavy atom. The lowest BCUT2D eigenvalue weighted by molar-refractivity contribution is -0.119. The van der Waals surface area contributed by atoms with Gasteiger partial charge in [-0.15, -0.1) is 11.3 Å². The highest BCUT2D eigenvalue weighted by Gasteiger charge is 2.39. The largest absolute Gasteiger partial charge is 0.300 e. The predicted molar refractivity (Wildman–Crippen MR) is 79.9 cm³/mol. The Balaban J connectivity index is 2.04. The van der Waals surface area contributed by atoms with Gasteiger partial charge in [-0.2, -0.15) is 5.26 Å². The van der Waals surface area contributed by atoms with Crippen LogP contribution in [0.1, 0.15) is 10.9 Å². The minimum absolute atomic E-state index is 0.293. The Morgan fingerprint density at radius 3 is 2.90 bits per heavy atom. The van der Waals surface area contributed by atoms with E-state index in [1.54, 1.807) is 11.3 Å². The summed E-state index contributed by atoms with van der Waals surface area (Å²) in [6.07, 6.45) is 0. The number of carbonyl (C=O) groups is 1. The normalized spacial score (nSPS) is 20.8. The molecule has 1 aliphatic rings. The second kappa shape index (κ2) is 4.43. The molecule has 1 aliphatic heterocycles. The average molecular weight is 294 g/mol. The van der Waals surface area contributed by atoms with Gasteiger partial charge in [-0.05, 0) is 23.6 Å². The summed E-state index contributed by atoms with van der Waals surface area (Å²) in [5.74, 6) is -0.543. The Morgan fingerprint density at radius 2 is 2.14 bits per heavy atom. The van der Waals surface area contributed by atoms with Crippen molar-refractivity contribution in [2.45, 2.75) is 6.04 Å². The van der Waals surface area contributed by atoms with Gasteiger partial charge in [0.1, 0.15) is 0 Å². The van der Waals surface area contributed by atoms with E-state index in [1.807, 2.05) is 46.3 Å². The number of carbonyl (C=O) groups excluding carboxylic acids is 1. The molecule has 0 fully saturated rings. The van der Waals surface area contributed by atoms with Crippen LogP contribution in [0.3, 0.4) is 0 Å². The van der Waals surface area contributed by atoms with E-state index < -0.39 is 5.92 Å². The predicted octanol–water partition coefficient (Wildman–Crippen LogP) is 2.78. The molecule has 1 aromatic carbocycles. The number of fused-ring (bicyclic) bond motifs is 3. The first-order valence-electron chi connectivity index (χ1n) is 6.50.